The number of hydrogen-bond donors (Lipinski definition) is 0. The van der Waals surface area contributed by atoms with Gasteiger partial charge in [0.2, 0.25) is 0 Å². The smallest absolute Gasteiger partial charge is 0.337 e. The van der Waals surface area contributed by atoms with Crippen molar-refractivity contribution in [3.8, 4) is 0 Å². The van der Waals surface area contributed by atoms with Crippen molar-refractivity contribution < 1.29 is 9.53 Å². The van der Waals surface area contributed by atoms with Crippen molar-refractivity contribution >= 4 is 28.0 Å². The van der Waals surface area contributed by atoms with Crippen molar-refractivity contribution in [3.63, 3.8) is 0 Å². The molecule has 0 unspecified atom stereocenters. The monoisotopic (exact) mass is 240 g/mol. The van der Waals surface area contributed by atoms with Crippen LogP contribution >= 0.6 is 15.9 Å². The molecule has 0 fully saturated rings. The summed E-state index contributed by atoms with van der Waals surface area (Å²) in [5.74, 6) is -0.311. The average molecular weight is 241 g/mol. The van der Waals surface area contributed by atoms with E-state index in [1.165, 1.54) is 7.11 Å². The molecule has 0 aliphatic heterocycles. The first-order valence-electron chi connectivity index (χ1n) is 3.73. The van der Waals surface area contributed by atoms with Crippen molar-refractivity contribution in [3.05, 3.63) is 40.4 Å². The molecule has 1 aromatic rings. The van der Waals surface area contributed by atoms with Gasteiger partial charge >= 0.3 is 5.97 Å². The molecule has 0 spiro atoms. The number of carbonyl (C=O) groups is 1. The molecule has 68 valence electrons. The maximum absolute atomic E-state index is 11.0. The van der Waals surface area contributed by atoms with Gasteiger partial charge in [0.15, 0.2) is 0 Å². The number of esters is 1. The maximum atomic E-state index is 11.0. The van der Waals surface area contributed by atoms with Crippen LogP contribution in [0.5, 0.6) is 0 Å². The first-order valence-corrected chi connectivity index (χ1v) is 4.64. The van der Waals surface area contributed by atoms with Crippen LogP contribution in [0.15, 0.2) is 29.3 Å². The van der Waals surface area contributed by atoms with Crippen molar-refractivity contribution in [2.75, 3.05) is 7.11 Å². The predicted octanol–water partition coefficient (Wildman–Crippen LogP) is 2.84. The van der Waals surface area contributed by atoms with Crippen LogP contribution < -0.4 is 0 Å². The molecule has 1 aromatic carbocycles. The van der Waals surface area contributed by atoms with E-state index in [2.05, 4.69) is 20.7 Å². The number of carbonyl (C=O) groups excluding carboxylic acids is 1. The van der Waals surface area contributed by atoms with Gasteiger partial charge in [0, 0.05) is 0 Å². The first kappa shape index (κ1) is 9.99. The number of hydrogen-bond acceptors (Lipinski definition) is 2. The molecule has 0 atom stereocenters. The molecule has 0 aliphatic rings. The summed E-state index contributed by atoms with van der Waals surface area (Å²) in [5.41, 5.74) is 1.60. The number of halogens is 1. The quantitative estimate of drug-likeness (QED) is 0.744. The van der Waals surface area contributed by atoms with Gasteiger partial charge in [0.1, 0.15) is 0 Å². The van der Waals surface area contributed by atoms with Crippen LogP contribution in [-0.2, 0) is 4.74 Å². The largest absolute Gasteiger partial charge is 0.465 e. The Balaban J connectivity index is 2.87. The zero-order valence-corrected chi connectivity index (χ0v) is 8.74. The van der Waals surface area contributed by atoms with Crippen molar-refractivity contribution in [1.82, 2.24) is 0 Å². The molecule has 1 rings (SSSR count). The summed E-state index contributed by atoms with van der Waals surface area (Å²) in [5, 5.41) is 0. The van der Waals surface area contributed by atoms with E-state index in [1.807, 2.05) is 18.2 Å². The van der Waals surface area contributed by atoms with Gasteiger partial charge in [-0.3, -0.25) is 0 Å². The molecular weight excluding hydrogens is 232 g/mol. The highest BCUT2D eigenvalue weighted by atomic mass is 79.9. The Morgan fingerprint density at radius 2 is 2.00 bits per heavy atom. The normalized spacial score (nSPS) is 10.3. The van der Waals surface area contributed by atoms with Crippen molar-refractivity contribution in [2.24, 2.45) is 0 Å². The lowest BCUT2D eigenvalue weighted by atomic mass is 10.1. The molecule has 3 heteroatoms. The van der Waals surface area contributed by atoms with E-state index in [9.17, 15) is 4.79 Å². The second-order valence-electron chi connectivity index (χ2n) is 2.41. The number of rotatable bonds is 2. The third-order valence-corrected chi connectivity index (χ3v) is 1.85. The Bertz CT molecular complexity index is 314. The predicted molar refractivity (Wildman–Crippen MR) is 55.7 cm³/mol. The number of methoxy groups -OCH3 is 1. The van der Waals surface area contributed by atoms with Gasteiger partial charge in [-0.15, -0.1) is 0 Å². The highest BCUT2D eigenvalue weighted by Gasteiger charge is 2.02. The summed E-state index contributed by atoms with van der Waals surface area (Å²) in [6.07, 6.45) is 1.89. The minimum Gasteiger partial charge on any atom is -0.465 e. The van der Waals surface area contributed by atoms with Crippen LogP contribution in [0.25, 0.3) is 6.08 Å². The van der Waals surface area contributed by atoms with Crippen LogP contribution in [0, 0.1) is 0 Å². The summed E-state index contributed by atoms with van der Waals surface area (Å²) < 4.78 is 4.57. The Labute approximate surface area is 85.3 Å². The first-order chi connectivity index (χ1) is 6.27. The lowest BCUT2D eigenvalue weighted by Crippen LogP contribution is -2.00. The van der Waals surface area contributed by atoms with Gasteiger partial charge < -0.3 is 4.74 Å². The molecule has 0 saturated heterocycles. The van der Waals surface area contributed by atoms with E-state index < -0.39 is 0 Å². The summed E-state index contributed by atoms with van der Waals surface area (Å²) in [7, 11) is 1.37. The van der Waals surface area contributed by atoms with Gasteiger partial charge in [-0.2, -0.15) is 0 Å². The standard InChI is InChI=1S/C10H9BrO2/c1-13-10(12)9-4-2-8(3-5-9)6-7-11/h2-7H,1H3/b7-6-. The van der Waals surface area contributed by atoms with Gasteiger partial charge in [-0.05, 0) is 28.8 Å². The van der Waals surface area contributed by atoms with Crippen molar-refractivity contribution in [2.45, 2.75) is 0 Å². The lowest BCUT2D eigenvalue weighted by Gasteiger charge is -1.98. The third-order valence-electron chi connectivity index (χ3n) is 1.59. The summed E-state index contributed by atoms with van der Waals surface area (Å²) >= 11 is 3.18. The second-order valence-corrected chi connectivity index (χ2v) is 2.93. The number of benzene rings is 1. The van der Waals surface area contributed by atoms with E-state index in [0.717, 1.165) is 5.56 Å². The van der Waals surface area contributed by atoms with Gasteiger partial charge in [-0.1, -0.05) is 28.1 Å². The molecule has 0 aromatic heterocycles. The summed E-state index contributed by atoms with van der Waals surface area (Å²) in [6, 6.07) is 7.16. The zero-order chi connectivity index (χ0) is 9.68. The molecule has 0 N–H and O–H groups in total. The van der Waals surface area contributed by atoms with E-state index in [1.54, 1.807) is 17.1 Å². The molecule has 0 bridgehead atoms. The van der Waals surface area contributed by atoms with Gasteiger partial charge in [0.05, 0.1) is 12.7 Å². The summed E-state index contributed by atoms with van der Waals surface area (Å²) in [4.78, 5) is 12.8. The molecule has 0 radical (unpaired) electrons. The zero-order valence-electron chi connectivity index (χ0n) is 7.16. The molecule has 0 amide bonds. The SMILES string of the molecule is COC(=O)c1ccc(/C=C\Br)cc1. The van der Waals surface area contributed by atoms with Crippen molar-refractivity contribution in [1.29, 1.82) is 0 Å². The molecule has 13 heavy (non-hydrogen) atoms. The Morgan fingerprint density at radius 3 is 2.46 bits per heavy atom. The highest BCUT2D eigenvalue weighted by molar-refractivity contribution is 9.11. The van der Waals surface area contributed by atoms with Crippen LogP contribution in [0.4, 0.5) is 0 Å². The fourth-order valence-corrected chi connectivity index (χ4v) is 1.23. The lowest BCUT2D eigenvalue weighted by molar-refractivity contribution is 0.0601. The van der Waals surface area contributed by atoms with Crippen LogP contribution in [-0.4, -0.2) is 13.1 Å². The molecule has 0 saturated carbocycles. The highest BCUT2D eigenvalue weighted by Crippen LogP contribution is 2.07. The Hall–Kier alpha value is -1.09. The van der Waals surface area contributed by atoms with Gasteiger partial charge in [-0.25, -0.2) is 4.79 Å². The van der Waals surface area contributed by atoms with E-state index in [0.29, 0.717) is 5.56 Å². The Kier molecular flexibility index (Phi) is 3.71. The Morgan fingerprint density at radius 1 is 1.38 bits per heavy atom. The minimum atomic E-state index is -0.311. The molecule has 0 heterocycles. The number of ether oxygens (including phenoxy) is 1. The van der Waals surface area contributed by atoms with Gasteiger partial charge in [0.25, 0.3) is 0 Å². The van der Waals surface area contributed by atoms with E-state index >= 15 is 0 Å². The average Bonchev–Trinajstić information content (AvgIpc) is 2.18. The fraction of sp³-hybridized carbons (Fsp3) is 0.100. The molecular formula is C10H9BrO2. The minimum absolute atomic E-state index is 0.311. The molecule has 0 aliphatic carbocycles. The van der Waals surface area contributed by atoms with Crippen LogP contribution in [0.3, 0.4) is 0 Å². The fourth-order valence-electron chi connectivity index (χ4n) is 0.921. The maximum Gasteiger partial charge on any atom is 0.337 e. The third kappa shape index (κ3) is 2.70. The summed E-state index contributed by atoms with van der Waals surface area (Å²) in [6.45, 7) is 0. The second kappa shape index (κ2) is 4.82. The van der Waals surface area contributed by atoms with Crippen LogP contribution in [0.1, 0.15) is 15.9 Å². The van der Waals surface area contributed by atoms with E-state index in [4.69, 9.17) is 0 Å². The molecule has 2 nitrogen and oxygen atoms in total. The van der Waals surface area contributed by atoms with Crippen LogP contribution in [0.2, 0.25) is 0 Å². The topological polar surface area (TPSA) is 26.3 Å². The van der Waals surface area contributed by atoms with E-state index in [-0.39, 0.29) is 5.97 Å².